The molecule has 0 aliphatic carbocycles. The Morgan fingerprint density at radius 2 is 2.18 bits per heavy atom. The smallest absolute Gasteiger partial charge is 0.246 e. The first-order chi connectivity index (χ1) is 8.16. The second kappa shape index (κ2) is 5.46. The van der Waals surface area contributed by atoms with Gasteiger partial charge in [0.05, 0.1) is 12.1 Å². The van der Waals surface area contributed by atoms with Gasteiger partial charge in [-0.05, 0) is 32.2 Å². The Balaban J connectivity index is 1.68. The fourth-order valence-electron chi connectivity index (χ4n) is 2.31. The summed E-state index contributed by atoms with van der Waals surface area (Å²) in [6, 6.07) is -0.0664. The number of amides is 2. The molecule has 0 aromatic carbocycles. The van der Waals surface area contributed by atoms with Crippen molar-refractivity contribution < 1.29 is 14.3 Å². The van der Waals surface area contributed by atoms with Gasteiger partial charge in [0.15, 0.2) is 0 Å². The van der Waals surface area contributed by atoms with Gasteiger partial charge >= 0.3 is 0 Å². The second-order valence-electron chi connectivity index (χ2n) is 4.62. The minimum atomic E-state index is -0.485. The van der Waals surface area contributed by atoms with Gasteiger partial charge in [0.25, 0.3) is 0 Å². The van der Waals surface area contributed by atoms with Crippen LogP contribution in [0.25, 0.3) is 0 Å². The van der Waals surface area contributed by atoms with Gasteiger partial charge in [0, 0.05) is 6.54 Å². The van der Waals surface area contributed by atoms with E-state index in [1.54, 1.807) is 0 Å². The molecular formula is C11H19N3O3. The minimum Gasteiger partial charge on any atom is -0.367 e. The topological polar surface area (TPSA) is 93.5 Å². The lowest BCUT2D eigenvalue weighted by atomic mass is 10.2. The summed E-state index contributed by atoms with van der Waals surface area (Å²) >= 11 is 0. The third-order valence-electron chi connectivity index (χ3n) is 3.31. The zero-order chi connectivity index (χ0) is 12.3. The Bertz CT molecular complexity index is 302. The number of nitrogens with one attached hydrogen (secondary N) is 2. The fourth-order valence-corrected chi connectivity index (χ4v) is 2.31. The zero-order valence-corrected chi connectivity index (χ0v) is 9.78. The van der Waals surface area contributed by atoms with E-state index in [0.29, 0.717) is 13.0 Å². The number of carbonyl (C=O) groups is 2. The van der Waals surface area contributed by atoms with Crippen molar-refractivity contribution in [3.05, 3.63) is 0 Å². The average Bonchev–Trinajstić information content (AvgIpc) is 2.97. The van der Waals surface area contributed by atoms with Crippen molar-refractivity contribution in [3.8, 4) is 0 Å². The first kappa shape index (κ1) is 12.3. The highest BCUT2D eigenvalue weighted by molar-refractivity contribution is 5.82. The van der Waals surface area contributed by atoms with E-state index in [1.807, 2.05) is 0 Å². The van der Waals surface area contributed by atoms with Crippen molar-refractivity contribution in [1.82, 2.24) is 10.6 Å². The van der Waals surface area contributed by atoms with Crippen LogP contribution in [0, 0.1) is 0 Å². The predicted octanol–water partition coefficient (Wildman–Crippen LogP) is -1.11. The summed E-state index contributed by atoms with van der Waals surface area (Å²) in [5.74, 6) is -0.398. The largest absolute Gasteiger partial charge is 0.367 e. The third-order valence-corrected chi connectivity index (χ3v) is 3.31. The molecule has 96 valence electrons. The molecule has 0 aromatic heterocycles. The first-order valence-electron chi connectivity index (χ1n) is 6.12. The van der Waals surface area contributed by atoms with E-state index in [2.05, 4.69) is 10.6 Å². The van der Waals surface area contributed by atoms with Crippen LogP contribution in [-0.2, 0) is 14.3 Å². The van der Waals surface area contributed by atoms with Crippen molar-refractivity contribution in [2.24, 2.45) is 5.73 Å². The molecule has 6 heteroatoms. The minimum absolute atomic E-state index is 0.0219. The number of carbonyl (C=O) groups excluding carboxylic acids is 2. The van der Waals surface area contributed by atoms with Crippen molar-refractivity contribution in [3.63, 3.8) is 0 Å². The number of nitrogens with two attached hydrogens (primary N) is 1. The predicted molar refractivity (Wildman–Crippen MR) is 61.1 cm³/mol. The maximum Gasteiger partial charge on any atom is 0.246 e. The van der Waals surface area contributed by atoms with Crippen molar-refractivity contribution in [2.45, 2.75) is 43.9 Å². The van der Waals surface area contributed by atoms with Crippen LogP contribution in [-0.4, -0.2) is 43.2 Å². The quantitative estimate of drug-likeness (QED) is 0.581. The molecule has 2 heterocycles. The van der Waals surface area contributed by atoms with Crippen LogP contribution in [0.4, 0.5) is 0 Å². The van der Waals surface area contributed by atoms with Gasteiger partial charge in [-0.25, -0.2) is 0 Å². The summed E-state index contributed by atoms with van der Waals surface area (Å²) in [7, 11) is 0. The highest BCUT2D eigenvalue weighted by Gasteiger charge is 2.30. The summed E-state index contributed by atoms with van der Waals surface area (Å²) in [5, 5.41) is 5.98. The summed E-state index contributed by atoms with van der Waals surface area (Å²) in [6.45, 7) is 1.36. The lowest BCUT2D eigenvalue weighted by Gasteiger charge is -2.15. The Hall–Kier alpha value is -1.14. The summed E-state index contributed by atoms with van der Waals surface area (Å²) in [5.41, 5.74) is 5.15. The maximum absolute atomic E-state index is 11.7. The molecule has 17 heavy (non-hydrogen) atoms. The van der Waals surface area contributed by atoms with Crippen LogP contribution in [0.3, 0.4) is 0 Å². The van der Waals surface area contributed by atoms with E-state index >= 15 is 0 Å². The molecule has 6 nitrogen and oxygen atoms in total. The lowest BCUT2D eigenvalue weighted by molar-refractivity contribution is -0.128. The Labute approximate surface area is 100 Å². The molecule has 3 atom stereocenters. The number of primary amides is 1. The summed E-state index contributed by atoms with van der Waals surface area (Å²) in [4.78, 5) is 22.6. The third kappa shape index (κ3) is 3.17. The molecular weight excluding hydrogens is 222 g/mol. The summed E-state index contributed by atoms with van der Waals surface area (Å²) in [6.07, 6.45) is 2.78. The van der Waals surface area contributed by atoms with Gasteiger partial charge in [-0.2, -0.15) is 0 Å². The van der Waals surface area contributed by atoms with Gasteiger partial charge in [-0.3, -0.25) is 9.59 Å². The van der Waals surface area contributed by atoms with E-state index in [9.17, 15) is 9.59 Å². The molecule has 2 aliphatic heterocycles. The van der Waals surface area contributed by atoms with Crippen LogP contribution in [0.2, 0.25) is 0 Å². The van der Waals surface area contributed by atoms with Crippen LogP contribution in [0.5, 0.6) is 0 Å². The highest BCUT2D eigenvalue weighted by Crippen LogP contribution is 2.18. The van der Waals surface area contributed by atoms with Gasteiger partial charge in [-0.1, -0.05) is 0 Å². The molecule has 2 aliphatic rings. The molecule has 0 radical (unpaired) electrons. The fraction of sp³-hybridized carbons (Fsp3) is 0.818. The van der Waals surface area contributed by atoms with Crippen LogP contribution in [0.1, 0.15) is 25.7 Å². The average molecular weight is 241 g/mol. The Morgan fingerprint density at radius 1 is 1.35 bits per heavy atom. The molecule has 2 rings (SSSR count). The van der Waals surface area contributed by atoms with Gasteiger partial charge in [0.1, 0.15) is 6.10 Å². The van der Waals surface area contributed by atoms with E-state index < -0.39 is 12.0 Å². The second-order valence-corrected chi connectivity index (χ2v) is 4.62. The standard InChI is InChI=1S/C11H19N3O3/c12-10(15)9-4-3-7(17-9)6-14-11(16)8-2-1-5-13-8/h7-9,13H,1-6H2,(H2,12,15)(H,14,16). The van der Waals surface area contributed by atoms with E-state index in [1.165, 1.54) is 0 Å². The first-order valence-corrected chi connectivity index (χ1v) is 6.12. The van der Waals surface area contributed by atoms with Gasteiger partial charge in [0.2, 0.25) is 11.8 Å². The monoisotopic (exact) mass is 241 g/mol. The SMILES string of the molecule is NC(=O)C1CCC(CNC(=O)C2CCCN2)O1. The Morgan fingerprint density at radius 3 is 2.76 bits per heavy atom. The van der Waals surface area contributed by atoms with Crippen molar-refractivity contribution in [2.75, 3.05) is 13.1 Å². The number of hydrogen-bond acceptors (Lipinski definition) is 4. The number of ether oxygens (including phenoxy) is 1. The normalized spacial score (nSPS) is 32.6. The number of hydrogen-bond donors (Lipinski definition) is 3. The molecule has 2 amide bonds. The Kier molecular flexibility index (Phi) is 3.96. The van der Waals surface area contributed by atoms with Crippen LogP contribution < -0.4 is 16.4 Å². The highest BCUT2D eigenvalue weighted by atomic mass is 16.5. The molecule has 3 unspecified atom stereocenters. The molecule has 2 fully saturated rings. The maximum atomic E-state index is 11.7. The van der Waals surface area contributed by atoms with Crippen LogP contribution in [0.15, 0.2) is 0 Å². The summed E-state index contributed by atoms with van der Waals surface area (Å²) < 4.78 is 5.43. The molecule has 4 N–H and O–H groups in total. The van der Waals surface area contributed by atoms with Gasteiger partial charge in [-0.15, -0.1) is 0 Å². The molecule has 2 saturated heterocycles. The van der Waals surface area contributed by atoms with E-state index in [4.69, 9.17) is 10.5 Å². The number of rotatable bonds is 4. The van der Waals surface area contributed by atoms with Gasteiger partial charge < -0.3 is 21.1 Å². The van der Waals surface area contributed by atoms with Crippen LogP contribution >= 0.6 is 0 Å². The van der Waals surface area contributed by atoms with Crippen molar-refractivity contribution in [1.29, 1.82) is 0 Å². The van der Waals surface area contributed by atoms with E-state index in [0.717, 1.165) is 25.8 Å². The molecule has 0 bridgehead atoms. The zero-order valence-electron chi connectivity index (χ0n) is 9.78. The van der Waals surface area contributed by atoms with E-state index in [-0.39, 0.29) is 18.1 Å². The molecule has 0 saturated carbocycles. The van der Waals surface area contributed by atoms with Crippen molar-refractivity contribution >= 4 is 11.8 Å². The molecule has 0 spiro atoms. The molecule has 0 aromatic rings. The lowest BCUT2D eigenvalue weighted by Crippen LogP contribution is -2.43.